The summed E-state index contributed by atoms with van der Waals surface area (Å²) in [5.74, 6) is 1.35. The van der Waals surface area contributed by atoms with Crippen LogP contribution in [-0.2, 0) is 16.0 Å². The minimum absolute atomic E-state index is 0.0883. The number of nitrogens with zero attached hydrogens (tertiary/aromatic N) is 2. The third kappa shape index (κ3) is 3.25. The standard InChI is InChI=1S/C23H26N2O4S/c1-28-18-10-14-7-8-24(23(27)15-11-21(26)25(13-15)16-5-6-16)22(20-4-3-9-30-20)17(14)12-19(18)29-2/h3-4,9-10,12,15-16,22H,5-8,11,13H2,1-2H3. The molecule has 158 valence electrons. The average Bonchev–Trinajstić information content (AvgIpc) is 3.31. The average molecular weight is 427 g/mol. The van der Waals surface area contributed by atoms with E-state index in [1.54, 1.807) is 25.6 Å². The third-order valence-electron chi connectivity index (χ3n) is 6.46. The van der Waals surface area contributed by atoms with E-state index in [0.717, 1.165) is 29.7 Å². The van der Waals surface area contributed by atoms with Crippen molar-refractivity contribution in [3.05, 3.63) is 45.6 Å². The van der Waals surface area contributed by atoms with E-state index in [-0.39, 0.29) is 23.8 Å². The highest BCUT2D eigenvalue weighted by molar-refractivity contribution is 7.10. The van der Waals surface area contributed by atoms with Gasteiger partial charge in [0.1, 0.15) is 0 Å². The fourth-order valence-corrected chi connectivity index (χ4v) is 5.66. The molecule has 3 aliphatic rings. The molecule has 1 aromatic carbocycles. The molecule has 7 heteroatoms. The number of carbonyl (C=O) groups excluding carboxylic acids is 2. The van der Waals surface area contributed by atoms with Crippen LogP contribution < -0.4 is 9.47 Å². The quantitative estimate of drug-likeness (QED) is 0.737. The van der Waals surface area contributed by atoms with Crippen molar-refractivity contribution in [2.24, 2.45) is 5.92 Å². The van der Waals surface area contributed by atoms with Gasteiger partial charge in [0, 0.05) is 30.4 Å². The zero-order valence-electron chi connectivity index (χ0n) is 17.3. The predicted molar refractivity (Wildman–Crippen MR) is 114 cm³/mol. The Morgan fingerprint density at radius 3 is 2.60 bits per heavy atom. The minimum atomic E-state index is -0.248. The summed E-state index contributed by atoms with van der Waals surface area (Å²) in [7, 11) is 3.27. The Morgan fingerprint density at radius 1 is 1.17 bits per heavy atom. The molecule has 2 unspecified atom stereocenters. The van der Waals surface area contributed by atoms with Crippen LogP contribution in [0.5, 0.6) is 11.5 Å². The van der Waals surface area contributed by atoms with Crippen molar-refractivity contribution in [2.45, 2.75) is 37.8 Å². The second-order valence-electron chi connectivity index (χ2n) is 8.28. The molecule has 0 radical (unpaired) electrons. The van der Waals surface area contributed by atoms with Crippen LogP contribution >= 0.6 is 11.3 Å². The van der Waals surface area contributed by atoms with Crippen molar-refractivity contribution in [3.63, 3.8) is 0 Å². The summed E-state index contributed by atoms with van der Waals surface area (Å²) in [6.07, 6.45) is 3.24. The Bertz CT molecular complexity index is 970. The summed E-state index contributed by atoms with van der Waals surface area (Å²) < 4.78 is 11.0. The van der Waals surface area contributed by atoms with Crippen LogP contribution in [0.1, 0.15) is 41.3 Å². The summed E-state index contributed by atoms with van der Waals surface area (Å²) >= 11 is 1.65. The van der Waals surface area contributed by atoms with E-state index in [0.29, 0.717) is 37.1 Å². The van der Waals surface area contributed by atoms with Crippen molar-refractivity contribution in [1.29, 1.82) is 0 Å². The van der Waals surface area contributed by atoms with Crippen molar-refractivity contribution in [2.75, 3.05) is 27.3 Å². The number of ether oxygens (including phenoxy) is 2. The number of benzene rings is 1. The smallest absolute Gasteiger partial charge is 0.228 e. The van der Waals surface area contributed by atoms with Crippen molar-refractivity contribution < 1.29 is 19.1 Å². The zero-order chi connectivity index (χ0) is 20.8. The molecule has 2 amide bonds. The van der Waals surface area contributed by atoms with Gasteiger partial charge in [-0.3, -0.25) is 9.59 Å². The summed E-state index contributed by atoms with van der Waals surface area (Å²) in [6, 6.07) is 8.34. The first-order valence-electron chi connectivity index (χ1n) is 10.5. The molecule has 0 N–H and O–H groups in total. The normalized spacial score (nSPS) is 23.5. The van der Waals surface area contributed by atoms with E-state index in [9.17, 15) is 9.59 Å². The van der Waals surface area contributed by atoms with Gasteiger partial charge in [-0.1, -0.05) is 6.07 Å². The molecular weight excluding hydrogens is 400 g/mol. The summed E-state index contributed by atoms with van der Waals surface area (Å²) in [5, 5.41) is 2.04. The summed E-state index contributed by atoms with van der Waals surface area (Å²) in [6.45, 7) is 1.20. The van der Waals surface area contributed by atoms with Crippen LogP contribution in [0.2, 0.25) is 0 Å². The first-order valence-corrected chi connectivity index (χ1v) is 11.4. The van der Waals surface area contributed by atoms with Gasteiger partial charge < -0.3 is 19.3 Å². The molecule has 5 rings (SSSR count). The van der Waals surface area contributed by atoms with Gasteiger partial charge in [-0.25, -0.2) is 0 Å². The molecule has 2 atom stereocenters. The van der Waals surface area contributed by atoms with Gasteiger partial charge >= 0.3 is 0 Å². The van der Waals surface area contributed by atoms with Crippen LogP contribution in [0.3, 0.4) is 0 Å². The molecule has 1 aliphatic carbocycles. The van der Waals surface area contributed by atoms with Gasteiger partial charge in [0.2, 0.25) is 11.8 Å². The molecule has 1 saturated carbocycles. The second-order valence-corrected chi connectivity index (χ2v) is 9.26. The number of methoxy groups -OCH3 is 2. The van der Waals surface area contributed by atoms with Gasteiger partial charge in [-0.15, -0.1) is 11.3 Å². The van der Waals surface area contributed by atoms with Crippen LogP contribution in [0.4, 0.5) is 0 Å². The number of likely N-dealkylation sites (tertiary alicyclic amines) is 1. The molecule has 2 aliphatic heterocycles. The minimum Gasteiger partial charge on any atom is -0.493 e. The van der Waals surface area contributed by atoms with Crippen molar-refractivity contribution in [3.8, 4) is 11.5 Å². The van der Waals surface area contributed by atoms with Crippen LogP contribution in [0.25, 0.3) is 0 Å². The van der Waals surface area contributed by atoms with E-state index in [1.807, 2.05) is 33.4 Å². The van der Waals surface area contributed by atoms with Gasteiger partial charge in [0.25, 0.3) is 0 Å². The predicted octanol–water partition coefficient (Wildman–Crippen LogP) is 3.25. The van der Waals surface area contributed by atoms with E-state index >= 15 is 0 Å². The molecule has 3 heterocycles. The Hall–Kier alpha value is -2.54. The number of hydrogen-bond acceptors (Lipinski definition) is 5. The lowest BCUT2D eigenvalue weighted by molar-refractivity contribution is -0.137. The summed E-state index contributed by atoms with van der Waals surface area (Å²) in [4.78, 5) is 31.1. The van der Waals surface area contributed by atoms with Crippen LogP contribution in [-0.4, -0.2) is 55.0 Å². The molecule has 1 aromatic heterocycles. The van der Waals surface area contributed by atoms with Crippen LogP contribution in [0, 0.1) is 5.92 Å². The van der Waals surface area contributed by atoms with E-state index in [2.05, 4.69) is 6.07 Å². The molecule has 0 bridgehead atoms. The lowest BCUT2D eigenvalue weighted by Gasteiger charge is -2.38. The Labute approximate surface area is 180 Å². The SMILES string of the molecule is COc1cc2c(cc1OC)C(c1cccs1)N(C(=O)C1CC(=O)N(C3CC3)C1)CC2. The lowest BCUT2D eigenvalue weighted by atomic mass is 9.89. The lowest BCUT2D eigenvalue weighted by Crippen LogP contribution is -2.44. The first kappa shape index (κ1) is 19.4. The number of fused-ring (bicyclic) bond motifs is 1. The van der Waals surface area contributed by atoms with E-state index in [1.165, 1.54) is 5.56 Å². The van der Waals surface area contributed by atoms with Crippen LogP contribution in [0.15, 0.2) is 29.6 Å². The first-order chi connectivity index (χ1) is 14.6. The van der Waals surface area contributed by atoms with Gasteiger partial charge in [-0.05, 0) is 54.0 Å². The Morgan fingerprint density at radius 2 is 1.93 bits per heavy atom. The highest BCUT2D eigenvalue weighted by atomic mass is 32.1. The molecule has 30 heavy (non-hydrogen) atoms. The molecule has 0 spiro atoms. The van der Waals surface area contributed by atoms with E-state index in [4.69, 9.17) is 9.47 Å². The fourth-order valence-electron chi connectivity index (χ4n) is 4.81. The number of amides is 2. The Kier molecular flexibility index (Phi) is 4.93. The zero-order valence-corrected chi connectivity index (χ0v) is 18.1. The molecular formula is C23H26N2O4S. The maximum Gasteiger partial charge on any atom is 0.228 e. The van der Waals surface area contributed by atoms with Gasteiger partial charge in [0.15, 0.2) is 11.5 Å². The summed E-state index contributed by atoms with van der Waals surface area (Å²) in [5.41, 5.74) is 2.26. The highest BCUT2D eigenvalue weighted by Crippen LogP contribution is 2.43. The van der Waals surface area contributed by atoms with Crippen molar-refractivity contribution >= 4 is 23.2 Å². The van der Waals surface area contributed by atoms with Crippen molar-refractivity contribution in [1.82, 2.24) is 9.80 Å². The topological polar surface area (TPSA) is 59.1 Å². The maximum absolute atomic E-state index is 13.6. The maximum atomic E-state index is 13.6. The number of hydrogen-bond donors (Lipinski definition) is 0. The fraction of sp³-hybridized carbons (Fsp3) is 0.478. The number of carbonyl (C=O) groups is 2. The second kappa shape index (κ2) is 7.61. The Balaban J connectivity index is 1.50. The number of rotatable bonds is 5. The molecule has 6 nitrogen and oxygen atoms in total. The third-order valence-corrected chi connectivity index (χ3v) is 7.39. The monoisotopic (exact) mass is 426 g/mol. The highest BCUT2D eigenvalue weighted by Gasteiger charge is 2.45. The van der Waals surface area contributed by atoms with Gasteiger partial charge in [-0.2, -0.15) is 0 Å². The molecule has 2 fully saturated rings. The van der Waals surface area contributed by atoms with E-state index < -0.39 is 0 Å². The largest absolute Gasteiger partial charge is 0.493 e. The molecule has 1 saturated heterocycles. The number of thiophene rings is 1. The molecule has 2 aromatic rings. The van der Waals surface area contributed by atoms with Gasteiger partial charge in [0.05, 0.1) is 26.2 Å².